The number of carboxylic acids is 1. The van der Waals surface area contributed by atoms with Crippen molar-refractivity contribution in [2.45, 2.75) is 19.3 Å². The van der Waals surface area contributed by atoms with Gasteiger partial charge < -0.3 is 5.11 Å². The second-order valence-electron chi connectivity index (χ2n) is 6.63. The molecule has 2 aromatic carbocycles. The van der Waals surface area contributed by atoms with Crippen LogP contribution < -0.4 is 0 Å². The van der Waals surface area contributed by atoms with E-state index in [0.29, 0.717) is 0 Å². The zero-order chi connectivity index (χ0) is 17.6. The van der Waals surface area contributed by atoms with Gasteiger partial charge in [0.2, 0.25) is 0 Å². The quantitative estimate of drug-likeness (QED) is 0.789. The highest BCUT2D eigenvalue weighted by Gasteiger charge is 2.36. The van der Waals surface area contributed by atoms with Crippen molar-refractivity contribution in [3.8, 4) is 5.69 Å². The van der Waals surface area contributed by atoms with E-state index in [4.69, 9.17) is 4.99 Å². The molecule has 5 heteroatoms. The van der Waals surface area contributed by atoms with Crippen molar-refractivity contribution in [3.63, 3.8) is 0 Å². The van der Waals surface area contributed by atoms with Crippen molar-refractivity contribution in [1.82, 2.24) is 9.78 Å². The third-order valence-electron chi connectivity index (χ3n) is 4.62. The van der Waals surface area contributed by atoms with Crippen LogP contribution in [0.2, 0.25) is 0 Å². The fraction of sp³-hybridized carbons (Fsp3) is 0.150. The summed E-state index contributed by atoms with van der Waals surface area (Å²) in [4.78, 5) is 16.0. The maximum absolute atomic E-state index is 11.3. The van der Waals surface area contributed by atoms with Crippen LogP contribution in [0.3, 0.4) is 0 Å². The fourth-order valence-corrected chi connectivity index (χ4v) is 3.25. The van der Waals surface area contributed by atoms with E-state index in [1.807, 2.05) is 41.2 Å². The minimum absolute atomic E-state index is 0.281. The molecule has 0 saturated heterocycles. The molecule has 1 aliphatic rings. The van der Waals surface area contributed by atoms with Gasteiger partial charge in [-0.3, -0.25) is 4.99 Å². The van der Waals surface area contributed by atoms with Crippen LogP contribution >= 0.6 is 0 Å². The second kappa shape index (κ2) is 5.41. The maximum atomic E-state index is 11.3. The Hall–Kier alpha value is -3.21. The van der Waals surface area contributed by atoms with Crippen LogP contribution in [0.25, 0.3) is 5.69 Å². The summed E-state index contributed by atoms with van der Waals surface area (Å²) >= 11 is 0. The molecule has 0 unspecified atom stereocenters. The minimum atomic E-state index is -0.927. The van der Waals surface area contributed by atoms with Crippen LogP contribution in [-0.2, 0) is 5.41 Å². The summed E-state index contributed by atoms with van der Waals surface area (Å²) in [5.74, 6) is -0.927. The zero-order valence-corrected chi connectivity index (χ0v) is 14.0. The first-order valence-corrected chi connectivity index (χ1v) is 8.04. The van der Waals surface area contributed by atoms with Gasteiger partial charge in [0.1, 0.15) is 0 Å². The fourth-order valence-electron chi connectivity index (χ4n) is 3.25. The second-order valence-corrected chi connectivity index (χ2v) is 6.63. The predicted molar refractivity (Wildman–Crippen MR) is 96.2 cm³/mol. The molecule has 0 radical (unpaired) electrons. The normalized spacial score (nSPS) is 14.9. The highest BCUT2D eigenvalue weighted by Crippen LogP contribution is 2.42. The first-order valence-electron chi connectivity index (χ1n) is 8.04. The molecule has 4 rings (SSSR count). The number of aromatic nitrogens is 2. The van der Waals surface area contributed by atoms with E-state index in [1.54, 1.807) is 24.4 Å². The average molecular weight is 331 g/mol. The van der Waals surface area contributed by atoms with E-state index in [-0.39, 0.29) is 11.0 Å². The van der Waals surface area contributed by atoms with Crippen molar-refractivity contribution >= 4 is 17.4 Å². The smallest absolute Gasteiger partial charge is 0.335 e. The van der Waals surface area contributed by atoms with Gasteiger partial charge in [-0.25, -0.2) is 9.48 Å². The molecule has 5 nitrogen and oxygen atoms in total. The van der Waals surface area contributed by atoms with E-state index in [1.165, 1.54) is 0 Å². The molecule has 2 heterocycles. The Balaban J connectivity index is 1.75. The van der Waals surface area contributed by atoms with E-state index in [9.17, 15) is 9.90 Å². The van der Waals surface area contributed by atoms with Crippen LogP contribution in [0.1, 0.15) is 35.3 Å². The molecule has 1 aromatic heterocycles. The molecule has 0 saturated carbocycles. The molecule has 3 aromatic rings. The van der Waals surface area contributed by atoms with Crippen LogP contribution in [0, 0.1) is 0 Å². The Labute approximate surface area is 145 Å². The number of fused-ring (bicyclic) bond motifs is 1. The summed E-state index contributed by atoms with van der Waals surface area (Å²) in [6.07, 6.45) is 3.76. The van der Waals surface area contributed by atoms with Crippen molar-refractivity contribution in [3.05, 3.63) is 77.6 Å². The number of carbonyl (C=O) groups is 1. The van der Waals surface area contributed by atoms with Gasteiger partial charge >= 0.3 is 5.97 Å². The number of benzene rings is 2. The van der Waals surface area contributed by atoms with Gasteiger partial charge in [0.15, 0.2) is 0 Å². The maximum Gasteiger partial charge on any atom is 0.335 e. The Morgan fingerprint density at radius 1 is 1.12 bits per heavy atom. The number of aliphatic imine (C=N–C) groups is 1. The largest absolute Gasteiger partial charge is 0.478 e. The molecule has 1 N–H and O–H groups in total. The van der Waals surface area contributed by atoms with E-state index in [0.717, 1.165) is 28.2 Å². The summed E-state index contributed by atoms with van der Waals surface area (Å²) < 4.78 is 1.82. The molecule has 0 fully saturated rings. The third kappa shape index (κ3) is 2.45. The molecule has 0 atom stereocenters. The molecule has 1 aliphatic heterocycles. The van der Waals surface area contributed by atoms with Crippen molar-refractivity contribution in [1.29, 1.82) is 0 Å². The monoisotopic (exact) mass is 331 g/mol. The molecule has 25 heavy (non-hydrogen) atoms. The topological polar surface area (TPSA) is 67.5 Å². The summed E-state index contributed by atoms with van der Waals surface area (Å²) in [6, 6.07) is 15.0. The number of carboxylic acid groups (broad SMARTS) is 1. The van der Waals surface area contributed by atoms with Gasteiger partial charge in [0, 0.05) is 17.2 Å². The molecule has 0 amide bonds. The SMILES string of the molecule is CC1(C)C(c2cnn(-c3ccccc3)c2)=Nc2ccc(C(=O)O)cc21. The molecule has 0 aliphatic carbocycles. The summed E-state index contributed by atoms with van der Waals surface area (Å²) in [5.41, 5.74) is 4.45. The molecule has 0 spiro atoms. The third-order valence-corrected chi connectivity index (χ3v) is 4.62. The van der Waals surface area contributed by atoms with Gasteiger partial charge in [-0.15, -0.1) is 0 Å². The lowest BCUT2D eigenvalue weighted by molar-refractivity contribution is 0.0697. The number of aromatic carboxylic acids is 1. The van der Waals surface area contributed by atoms with Crippen LogP contribution in [-0.4, -0.2) is 26.6 Å². The summed E-state index contributed by atoms with van der Waals surface area (Å²) in [6.45, 7) is 4.12. The molecular weight excluding hydrogens is 314 g/mol. The van der Waals surface area contributed by atoms with Crippen LogP contribution in [0.5, 0.6) is 0 Å². The van der Waals surface area contributed by atoms with E-state index < -0.39 is 5.97 Å². The van der Waals surface area contributed by atoms with Crippen molar-refractivity contribution in [2.75, 3.05) is 0 Å². The summed E-state index contributed by atoms with van der Waals surface area (Å²) in [5, 5.41) is 13.7. The number of rotatable bonds is 3. The van der Waals surface area contributed by atoms with Gasteiger partial charge in [0.05, 0.1) is 28.8 Å². The Morgan fingerprint density at radius 2 is 1.88 bits per heavy atom. The van der Waals surface area contributed by atoms with Gasteiger partial charge in [0.25, 0.3) is 0 Å². The Bertz CT molecular complexity index is 1000. The minimum Gasteiger partial charge on any atom is -0.478 e. The number of hydrogen-bond acceptors (Lipinski definition) is 3. The Kier molecular flexibility index (Phi) is 3.32. The van der Waals surface area contributed by atoms with Crippen LogP contribution in [0.15, 0.2) is 65.9 Å². The zero-order valence-electron chi connectivity index (χ0n) is 14.0. The van der Waals surface area contributed by atoms with Gasteiger partial charge in [-0.1, -0.05) is 32.0 Å². The lowest BCUT2D eigenvalue weighted by Gasteiger charge is -2.21. The van der Waals surface area contributed by atoms with Crippen molar-refractivity contribution < 1.29 is 9.90 Å². The Morgan fingerprint density at radius 3 is 2.60 bits per heavy atom. The van der Waals surface area contributed by atoms with E-state index in [2.05, 4.69) is 18.9 Å². The van der Waals surface area contributed by atoms with Gasteiger partial charge in [-0.2, -0.15) is 5.10 Å². The number of para-hydroxylation sites is 1. The van der Waals surface area contributed by atoms with E-state index >= 15 is 0 Å². The number of hydrogen-bond donors (Lipinski definition) is 1. The lowest BCUT2D eigenvalue weighted by atomic mass is 9.79. The first kappa shape index (κ1) is 15.3. The van der Waals surface area contributed by atoms with Crippen LogP contribution in [0.4, 0.5) is 5.69 Å². The first-order chi connectivity index (χ1) is 12.0. The molecule has 0 bridgehead atoms. The number of nitrogens with zero attached hydrogens (tertiary/aromatic N) is 3. The highest BCUT2D eigenvalue weighted by atomic mass is 16.4. The highest BCUT2D eigenvalue weighted by molar-refractivity contribution is 6.12. The van der Waals surface area contributed by atoms with Gasteiger partial charge in [-0.05, 0) is 35.9 Å². The molecule has 124 valence electrons. The van der Waals surface area contributed by atoms with Crippen molar-refractivity contribution in [2.24, 2.45) is 4.99 Å². The molecular formula is C20H17N3O2. The standard InChI is InChI=1S/C20H17N3O2/c1-20(2)16-10-13(19(24)25)8-9-17(16)22-18(20)14-11-21-23(12-14)15-6-4-3-5-7-15/h3-12H,1-2H3,(H,24,25). The predicted octanol–water partition coefficient (Wildman–Crippen LogP) is 3.98. The lowest BCUT2D eigenvalue weighted by Crippen LogP contribution is -2.26. The average Bonchev–Trinajstić information content (AvgIpc) is 3.18. The summed E-state index contributed by atoms with van der Waals surface area (Å²) in [7, 11) is 0.